The molecule has 3 N–H and O–H groups in total. The summed E-state index contributed by atoms with van der Waals surface area (Å²) >= 11 is 1.39. The van der Waals surface area contributed by atoms with E-state index in [1.165, 1.54) is 11.3 Å². The van der Waals surface area contributed by atoms with E-state index in [0.29, 0.717) is 5.01 Å². The molecule has 1 aromatic heterocycles. The maximum absolute atomic E-state index is 11.7. The van der Waals surface area contributed by atoms with Crippen molar-refractivity contribution in [3.05, 3.63) is 59.1 Å². The third-order valence-corrected chi connectivity index (χ3v) is 4.21. The van der Waals surface area contributed by atoms with Crippen molar-refractivity contribution < 1.29 is 4.79 Å². The Kier molecular flexibility index (Phi) is 3.84. The zero-order chi connectivity index (χ0) is 15.5. The number of aryl methyl sites for hydroxylation is 1. The molecule has 0 atom stereocenters. The number of benzene rings is 2. The van der Waals surface area contributed by atoms with Gasteiger partial charge in [0.2, 0.25) is 0 Å². The molecule has 0 saturated heterocycles. The van der Waals surface area contributed by atoms with Crippen molar-refractivity contribution in [1.82, 2.24) is 4.98 Å². The van der Waals surface area contributed by atoms with E-state index in [4.69, 9.17) is 5.73 Å². The lowest BCUT2D eigenvalue weighted by atomic mass is 10.2. The molecule has 0 aliphatic rings. The van der Waals surface area contributed by atoms with Crippen molar-refractivity contribution in [3.8, 4) is 0 Å². The number of hydrogen-bond donors (Lipinski definition) is 2. The normalized spacial score (nSPS) is 11.6. The maximum atomic E-state index is 11.7. The second-order valence-electron chi connectivity index (χ2n) is 4.74. The number of aromatic nitrogens is 1. The highest BCUT2D eigenvalue weighted by Gasteiger charge is 2.16. The Labute approximate surface area is 131 Å². The SMILES string of the molecule is Cc1ccccc1NN=C(C(N)=O)c1nc2ccccc2s1. The molecule has 22 heavy (non-hydrogen) atoms. The van der Waals surface area contributed by atoms with E-state index in [1.54, 1.807) is 0 Å². The van der Waals surface area contributed by atoms with Crippen LogP contribution in [0.5, 0.6) is 0 Å². The van der Waals surface area contributed by atoms with Crippen molar-refractivity contribution in [2.24, 2.45) is 10.8 Å². The first kappa shape index (κ1) is 14.2. The number of fused-ring (bicyclic) bond motifs is 1. The highest BCUT2D eigenvalue weighted by Crippen LogP contribution is 2.22. The number of hydrogen-bond acceptors (Lipinski definition) is 5. The van der Waals surface area contributed by atoms with Gasteiger partial charge in [0.05, 0.1) is 15.9 Å². The second-order valence-corrected chi connectivity index (χ2v) is 5.77. The Morgan fingerprint density at radius 2 is 1.91 bits per heavy atom. The monoisotopic (exact) mass is 310 g/mol. The largest absolute Gasteiger partial charge is 0.364 e. The summed E-state index contributed by atoms with van der Waals surface area (Å²) < 4.78 is 0.988. The van der Waals surface area contributed by atoms with Gasteiger partial charge in [0.25, 0.3) is 5.91 Å². The zero-order valence-electron chi connectivity index (χ0n) is 11.9. The first-order valence-electron chi connectivity index (χ1n) is 6.70. The van der Waals surface area contributed by atoms with Gasteiger partial charge in [0, 0.05) is 0 Å². The number of nitrogens with two attached hydrogens (primary N) is 1. The summed E-state index contributed by atoms with van der Waals surface area (Å²) in [5.74, 6) is -0.611. The van der Waals surface area contributed by atoms with Crippen LogP contribution < -0.4 is 11.2 Å². The fraction of sp³-hybridized carbons (Fsp3) is 0.0625. The molecule has 6 heteroatoms. The van der Waals surface area contributed by atoms with Crippen LogP contribution in [0.1, 0.15) is 10.6 Å². The second kappa shape index (κ2) is 5.95. The van der Waals surface area contributed by atoms with E-state index < -0.39 is 5.91 Å². The molecule has 0 fully saturated rings. The molecule has 1 heterocycles. The van der Waals surface area contributed by atoms with Crippen LogP contribution in [-0.4, -0.2) is 16.6 Å². The molecule has 110 valence electrons. The van der Waals surface area contributed by atoms with E-state index >= 15 is 0 Å². The number of primary amides is 1. The van der Waals surface area contributed by atoms with Crippen molar-refractivity contribution in [3.63, 3.8) is 0 Å². The van der Waals surface area contributed by atoms with Crippen LogP contribution in [-0.2, 0) is 4.79 Å². The smallest absolute Gasteiger partial charge is 0.272 e. The van der Waals surface area contributed by atoms with Crippen molar-refractivity contribution in [2.75, 3.05) is 5.43 Å². The average molecular weight is 310 g/mol. The number of rotatable bonds is 4. The minimum atomic E-state index is -0.611. The summed E-state index contributed by atoms with van der Waals surface area (Å²) in [5.41, 5.74) is 11.1. The van der Waals surface area contributed by atoms with Gasteiger partial charge in [-0.1, -0.05) is 30.3 Å². The van der Waals surface area contributed by atoms with Crippen LogP contribution in [0.3, 0.4) is 0 Å². The number of nitrogens with zero attached hydrogens (tertiary/aromatic N) is 2. The van der Waals surface area contributed by atoms with E-state index in [-0.39, 0.29) is 5.71 Å². The van der Waals surface area contributed by atoms with Crippen molar-refractivity contribution in [1.29, 1.82) is 0 Å². The molecule has 5 nitrogen and oxygen atoms in total. The highest BCUT2D eigenvalue weighted by molar-refractivity contribution is 7.21. The molecule has 0 spiro atoms. The Bertz CT molecular complexity index is 836. The van der Waals surface area contributed by atoms with Gasteiger partial charge in [-0.05, 0) is 30.7 Å². The van der Waals surface area contributed by atoms with E-state index in [9.17, 15) is 4.79 Å². The predicted octanol–water partition coefficient (Wildman–Crippen LogP) is 2.91. The Morgan fingerprint density at radius 3 is 2.64 bits per heavy atom. The number of anilines is 1. The number of hydrazone groups is 1. The van der Waals surface area contributed by atoms with Crippen LogP contribution in [0.15, 0.2) is 53.6 Å². The number of carbonyl (C=O) groups excluding carboxylic acids is 1. The lowest BCUT2D eigenvalue weighted by molar-refractivity contribution is -0.111. The molecule has 0 radical (unpaired) electrons. The molecular weight excluding hydrogens is 296 g/mol. The van der Waals surface area contributed by atoms with Crippen LogP contribution >= 0.6 is 11.3 Å². The van der Waals surface area contributed by atoms with Crippen LogP contribution in [0, 0.1) is 6.92 Å². The zero-order valence-corrected chi connectivity index (χ0v) is 12.7. The van der Waals surface area contributed by atoms with Crippen LogP contribution in [0.4, 0.5) is 5.69 Å². The number of amides is 1. The van der Waals surface area contributed by atoms with Gasteiger partial charge >= 0.3 is 0 Å². The molecule has 3 aromatic rings. The Hall–Kier alpha value is -2.73. The maximum Gasteiger partial charge on any atom is 0.272 e. The minimum Gasteiger partial charge on any atom is -0.364 e. The molecular formula is C16H14N4OS. The molecule has 0 aliphatic carbocycles. The first-order valence-corrected chi connectivity index (χ1v) is 7.52. The summed E-state index contributed by atoms with van der Waals surface area (Å²) in [4.78, 5) is 16.1. The molecule has 2 aromatic carbocycles. The molecule has 0 bridgehead atoms. The molecule has 0 saturated carbocycles. The van der Waals surface area contributed by atoms with Gasteiger partial charge < -0.3 is 5.73 Å². The standard InChI is InChI=1S/C16H14N4OS/c1-10-6-2-3-7-11(10)19-20-14(15(17)21)16-18-12-8-4-5-9-13(12)22-16/h2-9,19H,1H3,(H2,17,21). The Balaban J connectivity index is 1.97. The van der Waals surface area contributed by atoms with E-state index in [2.05, 4.69) is 15.5 Å². The van der Waals surface area contributed by atoms with E-state index in [1.807, 2.05) is 55.5 Å². The van der Waals surface area contributed by atoms with Crippen molar-refractivity contribution >= 4 is 38.9 Å². The third-order valence-electron chi connectivity index (χ3n) is 3.16. The predicted molar refractivity (Wildman–Crippen MR) is 90.2 cm³/mol. The fourth-order valence-electron chi connectivity index (χ4n) is 2.00. The molecule has 0 unspecified atom stereocenters. The summed E-state index contributed by atoms with van der Waals surface area (Å²) in [6.07, 6.45) is 0. The number of thiazole rings is 1. The third kappa shape index (κ3) is 2.82. The number of nitrogens with one attached hydrogen (secondary N) is 1. The molecule has 0 aliphatic heterocycles. The summed E-state index contributed by atoms with van der Waals surface area (Å²) in [6.45, 7) is 1.96. The number of para-hydroxylation sites is 2. The average Bonchev–Trinajstić information content (AvgIpc) is 2.92. The van der Waals surface area contributed by atoms with Crippen LogP contribution in [0.25, 0.3) is 10.2 Å². The lowest BCUT2D eigenvalue weighted by Crippen LogP contribution is -2.25. The topological polar surface area (TPSA) is 80.4 Å². The van der Waals surface area contributed by atoms with Gasteiger partial charge in [-0.25, -0.2) is 4.98 Å². The molecule has 1 amide bonds. The van der Waals surface area contributed by atoms with Crippen LogP contribution in [0.2, 0.25) is 0 Å². The minimum absolute atomic E-state index is 0.129. The van der Waals surface area contributed by atoms with Crippen molar-refractivity contribution in [2.45, 2.75) is 6.92 Å². The van der Waals surface area contributed by atoms with Gasteiger partial charge in [-0.3, -0.25) is 10.2 Å². The van der Waals surface area contributed by atoms with E-state index in [0.717, 1.165) is 21.5 Å². The summed E-state index contributed by atoms with van der Waals surface area (Å²) in [5, 5.41) is 4.67. The summed E-state index contributed by atoms with van der Waals surface area (Å²) in [6, 6.07) is 15.3. The Morgan fingerprint density at radius 1 is 1.18 bits per heavy atom. The number of carbonyl (C=O) groups is 1. The molecule has 3 rings (SSSR count). The van der Waals surface area contributed by atoms with Gasteiger partial charge in [-0.2, -0.15) is 5.10 Å². The van der Waals surface area contributed by atoms with Gasteiger partial charge in [-0.15, -0.1) is 11.3 Å². The fourth-order valence-corrected chi connectivity index (χ4v) is 2.96. The highest BCUT2D eigenvalue weighted by atomic mass is 32.1. The van der Waals surface area contributed by atoms with Gasteiger partial charge in [0.1, 0.15) is 0 Å². The first-order chi connectivity index (χ1) is 10.6. The quantitative estimate of drug-likeness (QED) is 0.574. The summed E-state index contributed by atoms with van der Waals surface area (Å²) in [7, 11) is 0. The van der Waals surface area contributed by atoms with Gasteiger partial charge in [0.15, 0.2) is 10.7 Å². The lowest BCUT2D eigenvalue weighted by Gasteiger charge is -2.05.